The third-order valence-electron chi connectivity index (χ3n) is 6.22. The van der Waals surface area contributed by atoms with Crippen molar-refractivity contribution in [2.24, 2.45) is 5.16 Å². The number of nitrogens with one attached hydrogen (secondary N) is 1. The predicted molar refractivity (Wildman–Crippen MR) is 132 cm³/mol. The first kappa shape index (κ1) is 26.1. The summed E-state index contributed by atoms with van der Waals surface area (Å²) in [4.78, 5) is 27.4. The number of ether oxygens (including phenoxy) is 1. The number of oxime groups is 1. The van der Waals surface area contributed by atoms with Gasteiger partial charge in [0, 0.05) is 38.6 Å². The van der Waals surface area contributed by atoms with Crippen molar-refractivity contribution in [3.8, 4) is 0 Å². The normalized spacial score (nSPS) is 20.5. The highest BCUT2D eigenvalue weighted by Crippen LogP contribution is 2.38. The summed E-state index contributed by atoms with van der Waals surface area (Å²) in [6, 6.07) is 5.84. The first-order valence-electron chi connectivity index (χ1n) is 11.9. The Labute approximate surface area is 210 Å². The molecule has 0 radical (unpaired) electrons. The molecule has 194 valence electrons. The molecule has 1 aromatic heterocycles. The first-order valence-corrected chi connectivity index (χ1v) is 13.3. The zero-order valence-electron chi connectivity index (χ0n) is 20.3. The monoisotopic (exact) mass is 517 g/mol. The maximum atomic E-state index is 13.1. The molecule has 1 aromatic carbocycles. The zero-order chi connectivity index (χ0) is 25.7. The average Bonchev–Trinajstić information content (AvgIpc) is 3.64. The molecule has 2 atom stereocenters. The third-order valence-corrected chi connectivity index (χ3v) is 8.09. The Balaban J connectivity index is 1.54. The van der Waals surface area contributed by atoms with Crippen molar-refractivity contribution in [2.75, 3.05) is 32.6 Å². The summed E-state index contributed by atoms with van der Waals surface area (Å²) in [5, 5.41) is 16.5. The number of benzene rings is 1. The van der Waals surface area contributed by atoms with Crippen LogP contribution in [0.1, 0.15) is 49.3 Å². The largest absolute Gasteiger partial charge is 0.393 e. The van der Waals surface area contributed by atoms with E-state index in [1.54, 1.807) is 6.20 Å². The Bertz CT molecular complexity index is 1180. The van der Waals surface area contributed by atoms with Crippen LogP contribution in [0.5, 0.6) is 0 Å². The van der Waals surface area contributed by atoms with E-state index in [0.717, 1.165) is 18.5 Å². The zero-order valence-corrected chi connectivity index (χ0v) is 21.1. The molecule has 1 amide bonds. The molecule has 2 fully saturated rings. The highest BCUT2D eigenvalue weighted by molar-refractivity contribution is 7.89. The fraction of sp³-hybridized carbons (Fsp3) is 0.500. The van der Waals surface area contributed by atoms with Crippen molar-refractivity contribution in [1.29, 1.82) is 0 Å². The van der Waals surface area contributed by atoms with Gasteiger partial charge in [-0.3, -0.25) is 9.78 Å². The molecular formula is C24H31N5O6S. The standard InChI is InChI=1S/C24H31N5O6S/c1-29(11-12-34-2)36(32,33)20-9-5-17(6-10-20)23(28-35-19-8-7-18(30)13-19)24(31)27-22-15-25-21(14-26-22)16-3-4-16/h5-6,9-10,14-16,18-19,30H,3-4,7-8,11-13H2,1-2H3,(H,26,27,31)/b28-23+/t18-,19-/m1/s1. The van der Waals surface area contributed by atoms with Gasteiger partial charge in [0.2, 0.25) is 10.0 Å². The minimum Gasteiger partial charge on any atom is -0.393 e. The third kappa shape index (κ3) is 6.44. The summed E-state index contributed by atoms with van der Waals surface area (Å²) >= 11 is 0. The number of likely N-dealkylation sites (N-methyl/N-ethyl adjacent to an activating group) is 1. The Morgan fingerprint density at radius 3 is 2.50 bits per heavy atom. The van der Waals surface area contributed by atoms with E-state index in [2.05, 4.69) is 20.4 Å². The highest BCUT2D eigenvalue weighted by Gasteiger charge is 2.27. The number of hydrogen-bond acceptors (Lipinski definition) is 9. The molecule has 1 heterocycles. The van der Waals surface area contributed by atoms with E-state index in [-0.39, 0.29) is 35.7 Å². The number of aliphatic hydroxyl groups is 1. The number of anilines is 1. The summed E-state index contributed by atoms with van der Waals surface area (Å²) in [5.41, 5.74) is 1.23. The Hall–Kier alpha value is -2.93. The van der Waals surface area contributed by atoms with Gasteiger partial charge in [-0.25, -0.2) is 13.4 Å². The average molecular weight is 518 g/mol. The van der Waals surface area contributed by atoms with Crippen molar-refractivity contribution in [1.82, 2.24) is 14.3 Å². The molecule has 2 aliphatic carbocycles. The smallest absolute Gasteiger partial charge is 0.279 e. The molecule has 12 heteroatoms. The summed E-state index contributed by atoms with van der Waals surface area (Å²) in [6.07, 6.45) is 6.24. The Morgan fingerprint density at radius 1 is 1.17 bits per heavy atom. The number of hydrogen-bond donors (Lipinski definition) is 2. The van der Waals surface area contributed by atoms with Crippen molar-refractivity contribution in [3.63, 3.8) is 0 Å². The molecule has 0 saturated heterocycles. The lowest BCUT2D eigenvalue weighted by Crippen LogP contribution is -2.30. The molecule has 2 aliphatic rings. The van der Waals surface area contributed by atoms with E-state index < -0.39 is 22.0 Å². The number of carbonyl (C=O) groups excluding carboxylic acids is 1. The fourth-order valence-electron chi connectivity index (χ4n) is 3.84. The summed E-state index contributed by atoms with van der Waals surface area (Å²) < 4.78 is 31.8. The van der Waals surface area contributed by atoms with Gasteiger partial charge in [-0.15, -0.1) is 0 Å². The highest BCUT2D eigenvalue weighted by atomic mass is 32.2. The van der Waals surface area contributed by atoms with E-state index in [1.165, 1.54) is 48.9 Å². The van der Waals surface area contributed by atoms with Gasteiger partial charge >= 0.3 is 0 Å². The van der Waals surface area contributed by atoms with Crippen LogP contribution in [-0.4, -0.2) is 78.9 Å². The van der Waals surface area contributed by atoms with Crippen LogP contribution in [-0.2, 0) is 24.4 Å². The summed E-state index contributed by atoms with van der Waals surface area (Å²) in [5.74, 6) is 0.139. The van der Waals surface area contributed by atoms with Gasteiger partial charge in [-0.05, 0) is 37.8 Å². The van der Waals surface area contributed by atoms with Crippen LogP contribution in [0.2, 0.25) is 0 Å². The molecule has 2 N–H and O–H groups in total. The molecule has 11 nitrogen and oxygen atoms in total. The molecule has 0 unspecified atom stereocenters. The van der Waals surface area contributed by atoms with Crippen LogP contribution in [0, 0.1) is 0 Å². The van der Waals surface area contributed by atoms with Crippen molar-refractivity contribution in [2.45, 2.75) is 55.1 Å². The molecule has 2 saturated carbocycles. The number of aliphatic hydroxyl groups excluding tert-OH is 1. The number of aromatic nitrogens is 2. The van der Waals surface area contributed by atoms with Gasteiger partial charge in [-0.1, -0.05) is 17.3 Å². The van der Waals surface area contributed by atoms with Gasteiger partial charge in [0.25, 0.3) is 5.91 Å². The maximum absolute atomic E-state index is 13.1. The molecule has 2 aromatic rings. The summed E-state index contributed by atoms with van der Waals surface area (Å²) in [6.45, 7) is 0.472. The Kier molecular flexibility index (Phi) is 8.29. The van der Waals surface area contributed by atoms with E-state index in [9.17, 15) is 18.3 Å². The number of nitrogens with zero attached hydrogens (tertiary/aromatic N) is 4. The second-order valence-corrected chi connectivity index (χ2v) is 11.1. The fourth-order valence-corrected chi connectivity index (χ4v) is 4.99. The van der Waals surface area contributed by atoms with Crippen LogP contribution in [0.4, 0.5) is 5.82 Å². The van der Waals surface area contributed by atoms with Crippen LogP contribution < -0.4 is 5.32 Å². The van der Waals surface area contributed by atoms with E-state index in [1.807, 2.05) is 0 Å². The number of sulfonamides is 1. The molecule has 0 bridgehead atoms. The Morgan fingerprint density at radius 2 is 1.92 bits per heavy atom. The number of amides is 1. The van der Waals surface area contributed by atoms with E-state index >= 15 is 0 Å². The van der Waals surface area contributed by atoms with Gasteiger partial charge in [0.05, 0.1) is 35.7 Å². The summed E-state index contributed by atoms with van der Waals surface area (Å²) in [7, 11) is -0.748. The second kappa shape index (κ2) is 11.4. The van der Waals surface area contributed by atoms with Gasteiger partial charge in [0.1, 0.15) is 6.10 Å². The van der Waals surface area contributed by atoms with Crippen molar-refractivity contribution >= 4 is 27.5 Å². The van der Waals surface area contributed by atoms with Crippen molar-refractivity contribution < 1.29 is 27.9 Å². The molecular weight excluding hydrogens is 486 g/mol. The number of carbonyl (C=O) groups is 1. The minimum absolute atomic E-state index is 0.0406. The van der Waals surface area contributed by atoms with Gasteiger partial charge in [0.15, 0.2) is 11.5 Å². The SMILES string of the molecule is COCCN(C)S(=O)(=O)c1ccc(/C(=N\O[C@@H]2CC[C@@H](O)C2)C(=O)Nc2cnc(C3CC3)cn2)cc1. The van der Waals surface area contributed by atoms with Gasteiger partial charge in [-0.2, -0.15) is 4.31 Å². The lowest BCUT2D eigenvalue weighted by molar-refractivity contribution is -0.110. The van der Waals surface area contributed by atoms with E-state index in [4.69, 9.17) is 9.57 Å². The molecule has 0 aliphatic heterocycles. The van der Waals surface area contributed by atoms with Crippen LogP contribution in [0.25, 0.3) is 0 Å². The lowest BCUT2D eigenvalue weighted by atomic mass is 10.1. The first-order chi connectivity index (χ1) is 17.3. The minimum atomic E-state index is -3.72. The molecule has 0 spiro atoms. The quantitative estimate of drug-likeness (QED) is 0.340. The second-order valence-electron chi connectivity index (χ2n) is 9.03. The van der Waals surface area contributed by atoms with Gasteiger partial charge < -0.3 is 20.0 Å². The topological polar surface area (TPSA) is 143 Å². The predicted octanol–water partition coefficient (Wildman–Crippen LogP) is 1.89. The number of methoxy groups -OCH3 is 1. The lowest BCUT2D eigenvalue weighted by Gasteiger charge is -2.17. The van der Waals surface area contributed by atoms with Crippen LogP contribution >= 0.6 is 0 Å². The molecule has 36 heavy (non-hydrogen) atoms. The maximum Gasteiger partial charge on any atom is 0.279 e. The van der Waals surface area contributed by atoms with Crippen LogP contribution in [0.15, 0.2) is 46.7 Å². The molecule has 4 rings (SSSR count). The number of rotatable bonds is 11. The van der Waals surface area contributed by atoms with Crippen LogP contribution in [0.3, 0.4) is 0 Å². The van der Waals surface area contributed by atoms with Crippen molar-refractivity contribution in [3.05, 3.63) is 47.9 Å². The van der Waals surface area contributed by atoms with E-state index in [0.29, 0.717) is 30.7 Å².